The normalized spacial score (nSPS) is 15.1. The molecule has 1 fully saturated rings. The van der Waals surface area contributed by atoms with E-state index in [4.69, 9.17) is 40.2 Å². The molecule has 0 aliphatic carbocycles. The number of ether oxygens (including phenoxy) is 1. The van der Waals surface area contributed by atoms with Gasteiger partial charge in [-0.05, 0) is 48.0 Å². The van der Waals surface area contributed by atoms with Crippen LogP contribution in [0.4, 0.5) is 10.1 Å². The van der Waals surface area contributed by atoms with E-state index in [1.807, 2.05) is 48.5 Å². The Morgan fingerprint density at radius 1 is 1.03 bits per heavy atom. The Balaban J connectivity index is 1.47. The lowest BCUT2D eigenvalue weighted by molar-refractivity contribution is -0.113. The van der Waals surface area contributed by atoms with Crippen LogP contribution in [0.25, 0.3) is 6.08 Å². The second-order valence-corrected chi connectivity index (χ2v) is 9.05. The molecule has 0 saturated carbocycles. The molecule has 3 aromatic carbocycles. The third-order valence-corrected chi connectivity index (χ3v) is 6.45. The molecule has 1 aliphatic heterocycles. The van der Waals surface area contributed by atoms with E-state index in [1.54, 1.807) is 6.08 Å². The molecule has 0 radical (unpaired) electrons. The Morgan fingerprint density at radius 2 is 1.77 bits per heavy atom. The number of hydrogen-bond donors (Lipinski definition) is 0. The number of carbonyl (C=O) groups is 1. The molecule has 0 spiro atoms. The van der Waals surface area contributed by atoms with Crippen LogP contribution in [0.5, 0.6) is 5.75 Å². The highest BCUT2D eigenvalue weighted by Crippen LogP contribution is 2.37. The highest BCUT2D eigenvalue weighted by Gasteiger charge is 2.33. The van der Waals surface area contributed by atoms with Crippen molar-refractivity contribution < 1.29 is 13.9 Å². The molecule has 4 rings (SSSR count). The summed E-state index contributed by atoms with van der Waals surface area (Å²) in [6.07, 6.45) is 1.75. The van der Waals surface area contributed by atoms with Crippen molar-refractivity contribution in [2.45, 2.75) is 6.61 Å². The zero-order valence-electron chi connectivity index (χ0n) is 15.8. The van der Waals surface area contributed by atoms with Gasteiger partial charge in [-0.15, -0.1) is 0 Å². The van der Waals surface area contributed by atoms with Gasteiger partial charge in [0.25, 0.3) is 5.91 Å². The Morgan fingerprint density at radius 3 is 2.48 bits per heavy atom. The van der Waals surface area contributed by atoms with Gasteiger partial charge in [-0.3, -0.25) is 9.69 Å². The Bertz CT molecular complexity index is 1200. The smallest absolute Gasteiger partial charge is 0.270 e. The summed E-state index contributed by atoms with van der Waals surface area (Å²) in [6.45, 7) is 0.359. The number of benzene rings is 3. The fourth-order valence-electron chi connectivity index (χ4n) is 2.90. The number of nitrogens with zero attached hydrogens (tertiary/aromatic N) is 1. The van der Waals surface area contributed by atoms with Crippen LogP contribution in [-0.2, 0) is 11.4 Å². The van der Waals surface area contributed by atoms with Crippen molar-refractivity contribution in [1.29, 1.82) is 0 Å². The first-order valence-corrected chi connectivity index (χ1v) is 11.1. The molecule has 0 N–H and O–H groups in total. The summed E-state index contributed by atoms with van der Waals surface area (Å²) in [4.78, 5) is 14.7. The lowest BCUT2D eigenvalue weighted by Gasteiger charge is -2.14. The third-order valence-electron chi connectivity index (χ3n) is 4.49. The summed E-state index contributed by atoms with van der Waals surface area (Å²) in [5.41, 5.74) is 2.15. The SMILES string of the molecule is O=C1/C(=C\c2ccc(OCc3ccccc3Cl)cc2)SC(=S)N1c1ccc(F)c(Cl)c1. The van der Waals surface area contributed by atoms with Crippen molar-refractivity contribution in [3.8, 4) is 5.75 Å². The van der Waals surface area contributed by atoms with Gasteiger partial charge in [-0.2, -0.15) is 0 Å². The standard InChI is InChI=1S/C23H14Cl2FNO2S2/c24-18-4-2-1-3-15(18)13-29-17-8-5-14(6-9-17)11-21-22(28)27(23(30)31-21)16-7-10-20(26)19(25)12-16/h1-12H,13H2/b21-11+. The average Bonchev–Trinajstić information content (AvgIpc) is 3.03. The summed E-state index contributed by atoms with van der Waals surface area (Å²) in [6, 6.07) is 18.9. The van der Waals surface area contributed by atoms with E-state index in [1.165, 1.54) is 34.9 Å². The topological polar surface area (TPSA) is 29.5 Å². The first-order valence-electron chi connectivity index (χ1n) is 9.11. The van der Waals surface area contributed by atoms with Crippen molar-refractivity contribution in [3.05, 3.63) is 98.6 Å². The molecule has 31 heavy (non-hydrogen) atoms. The second-order valence-electron chi connectivity index (χ2n) is 6.56. The zero-order valence-corrected chi connectivity index (χ0v) is 19.0. The maximum atomic E-state index is 13.4. The van der Waals surface area contributed by atoms with E-state index in [2.05, 4.69) is 0 Å². The van der Waals surface area contributed by atoms with Crippen molar-refractivity contribution in [2.75, 3.05) is 4.90 Å². The Labute approximate surface area is 198 Å². The van der Waals surface area contributed by atoms with Gasteiger partial charge in [-0.1, -0.05) is 77.5 Å². The van der Waals surface area contributed by atoms with Gasteiger partial charge >= 0.3 is 0 Å². The van der Waals surface area contributed by atoms with Gasteiger partial charge in [0, 0.05) is 10.6 Å². The average molecular weight is 490 g/mol. The van der Waals surface area contributed by atoms with E-state index in [0.29, 0.717) is 32.3 Å². The summed E-state index contributed by atoms with van der Waals surface area (Å²) in [7, 11) is 0. The summed E-state index contributed by atoms with van der Waals surface area (Å²) < 4.78 is 19.6. The van der Waals surface area contributed by atoms with E-state index in [9.17, 15) is 9.18 Å². The van der Waals surface area contributed by atoms with Crippen molar-refractivity contribution in [2.24, 2.45) is 0 Å². The van der Waals surface area contributed by atoms with Crippen LogP contribution in [0.2, 0.25) is 10.0 Å². The van der Waals surface area contributed by atoms with Gasteiger partial charge < -0.3 is 4.74 Å². The van der Waals surface area contributed by atoms with Crippen molar-refractivity contribution >= 4 is 69.2 Å². The van der Waals surface area contributed by atoms with Crippen molar-refractivity contribution in [1.82, 2.24) is 0 Å². The van der Waals surface area contributed by atoms with Gasteiger partial charge in [0.1, 0.15) is 18.2 Å². The number of anilines is 1. The van der Waals surface area contributed by atoms with E-state index < -0.39 is 5.82 Å². The van der Waals surface area contributed by atoms with Gasteiger partial charge in [0.15, 0.2) is 4.32 Å². The molecule has 3 aromatic rings. The molecule has 0 aromatic heterocycles. The molecule has 8 heteroatoms. The van der Waals surface area contributed by atoms with E-state index in [0.717, 1.165) is 11.1 Å². The summed E-state index contributed by atoms with van der Waals surface area (Å²) in [5.74, 6) is -0.148. The fourth-order valence-corrected chi connectivity index (χ4v) is 4.57. The van der Waals surface area contributed by atoms with Crippen LogP contribution < -0.4 is 9.64 Å². The molecule has 0 unspecified atom stereocenters. The maximum absolute atomic E-state index is 13.4. The summed E-state index contributed by atoms with van der Waals surface area (Å²) in [5, 5.41) is 0.589. The molecular formula is C23H14Cl2FNO2S2. The number of hydrogen-bond acceptors (Lipinski definition) is 4. The maximum Gasteiger partial charge on any atom is 0.270 e. The van der Waals surface area contributed by atoms with Gasteiger partial charge in [0.2, 0.25) is 0 Å². The minimum Gasteiger partial charge on any atom is -0.489 e. The molecular weight excluding hydrogens is 476 g/mol. The monoisotopic (exact) mass is 489 g/mol. The summed E-state index contributed by atoms with van der Waals surface area (Å²) >= 11 is 18.5. The zero-order chi connectivity index (χ0) is 22.0. The highest BCUT2D eigenvalue weighted by molar-refractivity contribution is 8.27. The Kier molecular flexibility index (Phi) is 6.62. The predicted octanol–water partition coefficient (Wildman–Crippen LogP) is 7.12. The van der Waals surface area contributed by atoms with Crippen LogP contribution in [-0.4, -0.2) is 10.2 Å². The minimum atomic E-state index is -0.553. The highest BCUT2D eigenvalue weighted by atomic mass is 35.5. The number of halogens is 3. The molecule has 1 aliphatic rings. The van der Waals surface area contributed by atoms with E-state index >= 15 is 0 Å². The van der Waals surface area contributed by atoms with Crippen LogP contribution in [0.1, 0.15) is 11.1 Å². The molecule has 1 amide bonds. The molecule has 0 atom stereocenters. The fraction of sp³-hybridized carbons (Fsp3) is 0.0435. The van der Waals surface area contributed by atoms with Crippen LogP contribution >= 0.6 is 47.2 Å². The molecule has 0 bridgehead atoms. The van der Waals surface area contributed by atoms with Crippen molar-refractivity contribution in [3.63, 3.8) is 0 Å². The predicted molar refractivity (Wildman–Crippen MR) is 129 cm³/mol. The number of carbonyl (C=O) groups excluding carboxylic acids is 1. The minimum absolute atomic E-state index is 0.0668. The lowest BCUT2D eigenvalue weighted by atomic mass is 10.2. The van der Waals surface area contributed by atoms with Gasteiger partial charge in [-0.25, -0.2) is 4.39 Å². The molecule has 1 heterocycles. The Hall–Kier alpha value is -2.38. The number of amides is 1. The number of thiocarbonyl (C=S) groups is 1. The van der Waals surface area contributed by atoms with E-state index in [-0.39, 0.29) is 10.9 Å². The second kappa shape index (κ2) is 9.40. The quantitative estimate of drug-likeness (QED) is 0.282. The van der Waals surface area contributed by atoms with Crippen LogP contribution in [0.3, 0.4) is 0 Å². The first kappa shape index (κ1) is 21.8. The third kappa shape index (κ3) is 4.93. The molecule has 3 nitrogen and oxygen atoms in total. The lowest BCUT2D eigenvalue weighted by Crippen LogP contribution is -2.27. The number of rotatable bonds is 5. The van der Waals surface area contributed by atoms with Crippen LogP contribution in [0.15, 0.2) is 71.6 Å². The van der Waals surface area contributed by atoms with Gasteiger partial charge in [0.05, 0.1) is 15.6 Å². The number of thioether (sulfide) groups is 1. The van der Waals surface area contributed by atoms with Crippen LogP contribution in [0, 0.1) is 5.82 Å². The largest absolute Gasteiger partial charge is 0.489 e. The first-order chi connectivity index (χ1) is 14.9. The molecule has 156 valence electrons. The molecule has 1 saturated heterocycles.